The van der Waals surface area contributed by atoms with Gasteiger partial charge in [0, 0.05) is 38.9 Å². The molecule has 0 aliphatic carbocycles. The highest BCUT2D eigenvalue weighted by Gasteiger charge is 2.37. The topological polar surface area (TPSA) is 67.6 Å². The molecule has 0 atom stereocenters. The second kappa shape index (κ2) is 7.43. The van der Waals surface area contributed by atoms with Crippen molar-refractivity contribution >= 4 is 5.91 Å². The number of carbonyl (C=O) groups is 1. The normalized spacial score (nSPS) is 22.7. The zero-order valence-corrected chi connectivity index (χ0v) is 13.7. The van der Waals surface area contributed by atoms with Gasteiger partial charge >= 0.3 is 0 Å². The van der Waals surface area contributed by atoms with Crippen LogP contribution >= 0.6 is 0 Å². The first-order valence-corrected chi connectivity index (χ1v) is 8.60. The van der Waals surface area contributed by atoms with Crippen molar-refractivity contribution in [3.8, 4) is 0 Å². The number of nitrogens with zero attached hydrogens (tertiary/aromatic N) is 1. The Morgan fingerprint density at radius 1 is 1.22 bits per heavy atom. The smallest absolute Gasteiger partial charge is 0.240 e. The Labute approximate surface area is 138 Å². The number of hydrogen-bond donors (Lipinski definition) is 2. The van der Waals surface area contributed by atoms with E-state index in [-0.39, 0.29) is 11.9 Å². The molecule has 0 spiro atoms. The Morgan fingerprint density at radius 2 is 1.87 bits per heavy atom. The van der Waals surface area contributed by atoms with Crippen LogP contribution in [0.2, 0.25) is 0 Å². The van der Waals surface area contributed by atoms with Gasteiger partial charge in [0.05, 0.1) is 5.54 Å². The van der Waals surface area contributed by atoms with E-state index in [1.54, 1.807) is 0 Å². The zero-order chi connectivity index (χ0) is 16.1. The predicted molar refractivity (Wildman–Crippen MR) is 89.9 cm³/mol. The minimum absolute atomic E-state index is 0.00214. The summed E-state index contributed by atoms with van der Waals surface area (Å²) in [4.78, 5) is 14.9. The van der Waals surface area contributed by atoms with E-state index >= 15 is 0 Å². The van der Waals surface area contributed by atoms with Crippen molar-refractivity contribution in [3.63, 3.8) is 0 Å². The molecule has 3 rings (SSSR count). The zero-order valence-electron chi connectivity index (χ0n) is 13.7. The Balaban J connectivity index is 1.45. The van der Waals surface area contributed by atoms with Gasteiger partial charge in [-0.15, -0.1) is 0 Å². The summed E-state index contributed by atoms with van der Waals surface area (Å²) < 4.78 is 5.31. The number of nitrogens with two attached hydrogens (primary N) is 1. The monoisotopic (exact) mass is 317 g/mol. The highest BCUT2D eigenvalue weighted by atomic mass is 16.5. The number of piperidine rings is 1. The van der Waals surface area contributed by atoms with Gasteiger partial charge in [-0.25, -0.2) is 0 Å². The van der Waals surface area contributed by atoms with Crippen LogP contribution in [-0.4, -0.2) is 48.7 Å². The molecule has 0 aromatic heterocycles. The molecule has 3 N–H and O–H groups in total. The average molecular weight is 317 g/mol. The number of rotatable bonds is 4. The molecular weight excluding hydrogens is 290 g/mol. The molecule has 0 radical (unpaired) electrons. The maximum atomic E-state index is 12.5. The molecule has 1 aromatic rings. The molecule has 5 heteroatoms. The van der Waals surface area contributed by atoms with E-state index in [4.69, 9.17) is 10.5 Å². The van der Waals surface area contributed by atoms with Crippen LogP contribution in [0, 0.1) is 0 Å². The van der Waals surface area contributed by atoms with Gasteiger partial charge in [0.2, 0.25) is 5.91 Å². The number of likely N-dealkylation sites (tertiary alicyclic amines) is 1. The number of amides is 1. The maximum absolute atomic E-state index is 12.5. The second-order valence-corrected chi connectivity index (χ2v) is 6.78. The summed E-state index contributed by atoms with van der Waals surface area (Å²) >= 11 is 0. The summed E-state index contributed by atoms with van der Waals surface area (Å²) in [5.41, 5.74) is 6.86. The molecule has 0 unspecified atom stereocenters. The first kappa shape index (κ1) is 16.4. The van der Waals surface area contributed by atoms with Crippen LogP contribution in [-0.2, 0) is 16.1 Å². The van der Waals surface area contributed by atoms with Crippen LogP contribution in [0.15, 0.2) is 30.3 Å². The molecule has 2 fully saturated rings. The highest BCUT2D eigenvalue weighted by Crippen LogP contribution is 2.20. The van der Waals surface area contributed by atoms with E-state index in [0.29, 0.717) is 26.1 Å². The third-order valence-electron chi connectivity index (χ3n) is 5.01. The molecule has 2 heterocycles. The van der Waals surface area contributed by atoms with Gasteiger partial charge in [0.1, 0.15) is 0 Å². The van der Waals surface area contributed by atoms with Gasteiger partial charge in [-0.1, -0.05) is 30.3 Å². The van der Waals surface area contributed by atoms with Crippen molar-refractivity contribution in [1.82, 2.24) is 10.2 Å². The van der Waals surface area contributed by atoms with E-state index in [1.165, 1.54) is 5.56 Å². The van der Waals surface area contributed by atoms with Gasteiger partial charge in [-0.3, -0.25) is 9.69 Å². The Bertz CT molecular complexity index is 506. The molecule has 0 bridgehead atoms. The van der Waals surface area contributed by atoms with Gasteiger partial charge in [-0.2, -0.15) is 0 Å². The predicted octanol–water partition coefficient (Wildman–Crippen LogP) is 1.28. The Morgan fingerprint density at radius 3 is 2.52 bits per heavy atom. The van der Waals surface area contributed by atoms with Crippen LogP contribution < -0.4 is 11.1 Å². The molecule has 2 aliphatic rings. The quantitative estimate of drug-likeness (QED) is 0.878. The van der Waals surface area contributed by atoms with Crippen molar-refractivity contribution < 1.29 is 9.53 Å². The average Bonchev–Trinajstić information content (AvgIpc) is 2.58. The maximum Gasteiger partial charge on any atom is 0.240 e. The summed E-state index contributed by atoms with van der Waals surface area (Å²) in [7, 11) is 0. The molecule has 1 aromatic carbocycles. The number of ether oxygens (including phenoxy) is 1. The number of carbonyl (C=O) groups excluding carboxylic acids is 1. The van der Waals surface area contributed by atoms with E-state index in [1.807, 2.05) is 6.07 Å². The van der Waals surface area contributed by atoms with Gasteiger partial charge in [-0.05, 0) is 31.2 Å². The summed E-state index contributed by atoms with van der Waals surface area (Å²) in [6, 6.07) is 10.8. The first-order chi connectivity index (χ1) is 11.2. The van der Waals surface area contributed by atoms with Crippen LogP contribution in [0.1, 0.15) is 31.2 Å². The molecule has 5 nitrogen and oxygen atoms in total. The number of benzene rings is 1. The molecule has 23 heavy (non-hydrogen) atoms. The first-order valence-electron chi connectivity index (χ1n) is 8.60. The largest absolute Gasteiger partial charge is 0.381 e. The third kappa shape index (κ3) is 4.31. The van der Waals surface area contributed by atoms with E-state index in [2.05, 4.69) is 34.5 Å². The minimum atomic E-state index is -0.737. The van der Waals surface area contributed by atoms with Crippen molar-refractivity contribution in [2.24, 2.45) is 5.73 Å². The third-order valence-corrected chi connectivity index (χ3v) is 5.01. The standard InChI is InChI=1S/C18H27N3O2/c19-18(8-12-23-13-9-18)17(22)20-16-6-10-21(11-7-16)14-15-4-2-1-3-5-15/h1-5,16H,6-14,19H2,(H,20,22). The van der Waals surface area contributed by atoms with Crippen molar-refractivity contribution in [2.45, 2.75) is 43.8 Å². The van der Waals surface area contributed by atoms with Crippen molar-refractivity contribution in [1.29, 1.82) is 0 Å². The summed E-state index contributed by atoms with van der Waals surface area (Å²) in [6.07, 6.45) is 3.22. The minimum Gasteiger partial charge on any atom is -0.381 e. The lowest BCUT2D eigenvalue weighted by Crippen LogP contribution is -2.59. The van der Waals surface area contributed by atoms with Gasteiger partial charge < -0.3 is 15.8 Å². The summed E-state index contributed by atoms with van der Waals surface area (Å²) in [6.45, 7) is 4.18. The highest BCUT2D eigenvalue weighted by molar-refractivity contribution is 5.86. The number of hydrogen-bond acceptors (Lipinski definition) is 4. The molecule has 126 valence electrons. The lowest BCUT2D eigenvalue weighted by Gasteiger charge is -2.36. The van der Waals surface area contributed by atoms with Crippen molar-refractivity contribution in [2.75, 3.05) is 26.3 Å². The lowest BCUT2D eigenvalue weighted by molar-refractivity contribution is -0.130. The fourth-order valence-corrected chi connectivity index (χ4v) is 3.37. The second-order valence-electron chi connectivity index (χ2n) is 6.78. The molecule has 1 amide bonds. The van der Waals surface area contributed by atoms with Crippen molar-refractivity contribution in [3.05, 3.63) is 35.9 Å². The molecule has 2 saturated heterocycles. The molecular formula is C18H27N3O2. The summed E-state index contributed by atoms with van der Waals surface area (Å²) in [5, 5.41) is 3.17. The van der Waals surface area contributed by atoms with E-state index in [9.17, 15) is 4.79 Å². The van der Waals surface area contributed by atoms with Crippen LogP contribution in [0.3, 0.4) is 0 Å². The Kier molecular flexibility index (Phi) is 5.30. The van der Waals surface area contributed by atoms with E-state index < -0.39 is 5.54 Å². The fourth-order valence-electron chi connectivity index (χ4n) is 3.37. The Hall–Kier alpha value is -1.43. The van der Waals surface area contributed by atoms with Crippen LogP contribution in [0.4, 0.5) is 0 Å². The van der Waals surface area contributed by atoms with E-state index in [0.717, 1.165) is 32.5 Å². The van der Waals surface area contributed by atoms with Gasteiger partial charge in [0.25, 0.3) is 0 Å². The lowest BCUT2D eigenvalue weighted by atomic mass is 9.89. The SMILES string of the molecule is NC1(C(=O)NC2CCN(Cc3ccccc3)CC2)CCOCC1. The van der Waals surface area contributed by atoms with Gasteiger partial charge in [0.15, 0.2) is 0 Å². The summed E-state index contributed by atoms with van der Waals surface area (Å²) in [5.74, 6) is 0.00214. The number of nitrogens with one attached hydrogen (secondary N) is 1. The molecule has 0 saturated carbocycles. The fraction of sp³-hybridized carbons (Fsp3) is 0.611. The van der Waals surface area contributed by atoms with Crippen LogP contribution in [0.5, 0.6) is 0 Å². The van der Waals surface area contributed by atoms with Crippen LogP contribution in [0.25, 0.3) is 0 Å². The molecule has 2 aliphatic heterocycles.